The van der Waals surface area contributed by atoms with Gasteiger partial charge in [-0.3, -0.25) is 9.48 Å². The first-order valence-corrected chi connectivity index (χ1v) is 9.30. The zero-order valence-corrected chi connectivity index (χ0v) is 15.7. The molecular formula is C20H28N4O2. The van der Waals surface area contributed by atoms with Gasteiger partial charge in [0.05, 0.1) is 13.3 Å². The average molecular weight is 356 g/mol. The third-order valence-corrected chi connectivity index (χ3v) is 4.82. The number of ether oxygens (including phenoxy) is 1. The fourth-order valence-electron chi connectivity index (χ4n) is 3.38. The van der Waals surface area contributed by atoms with E-state index in [1.165, 1.54) is 5.56 Å². The van der Waals surface area contributed by atoms with Crippen molar-refractivity contribution >= 4 is 5.91 Å². The molecule has 1 aliphatic rings. The molecule has 0 unspecified atom stereocenters. The molecule has 3 rings (SSSR count). The van der Waals surface area contributed by atoms with Gasteiger partial charge >= 0.3 is 0 Å². The van der Waals surface area contributed by atoms with E-state index in [2.05, 4.69) is 23.1 Å². The minimum atomic E-state index is 0.0952. The van der Waals surface area contributed by atoms with E-state index in [0.29, 0.717) is 5.56 Å². The summed E-state index contributed by atoms with van der Waals surface area (Å²) in [7, 11) is 1.62. The molecule has 1 aromatic heterocycles. The highest BCUT2D eigenvalue weighted by atomic mass is 16.5. The summed E-state index contributed by atoms with van der Waals surface area (Å²) in [6, 6.07) is 7.41. The topological polar surface area (TPSA) is 50.6 Å². The third kappa shape index (κ3) is 4.85. The third-order valence-electron chi connectivity index (χ3n) is 4.82. The van der Waals surface area contributed by atoms with E-state index < -0.39 is 0 Å². The van der Waals surface area contributed by atoms with Crippen LogP contribution in [0.5, 0.6) is 5.75 Å². The summed E-state index contributed by atoms with van der Waals surface area (Å²) in [5, 5.41) is 4.33. The Morgan fingerprint density at radius 1 is 1.19 bits per heavy atom. The van der Waals surface area contributed by atoms with Crippen LogP contribution in [0, 0.1) is 6.92 Å². The molecule has 6 nitrogen and oxygen atoms in total. The minimum Gasteiger partial charge on any atom is -0.497 e. The highest BCUT2D eigenvalue weighted by Gasteiger charge is 2.20. The Morgan fingerprint density at radius 3 is 2.85 bits per heavy atom. The van der Waals surface area contributed by atoms with E-state index in [9.17, 15) is 4.79 Å². The maximum atomic E-state index is 12.8. The zero-order valence-electron chi connectivity index (χ0n) is 15.7. The summed E-state index contributed by atoms with van der Waals surface area (Å²) >= 11 is 0. The number of aromatic nitrogens is 2. The SMILES string of the molecule is COc1cccc(C(=O)N2CCCN(CCCn3cc(C)cn3)CC2)c1. The number of nitrogens with zero attached hydrogens (tertiary/aromatic N) is 4. The lowest BCUT2D eigenvalue weighted by atomic mass is 10.2. The van der Waals surface area contributed by atoms with Crippen molar-refractivity contribution in [3.8, 4) is 5.75 Å². The van der Waals surface area contributed by atoms with E-state index in [0.717, 1.165) is 57.9 Å². The van der Waals surface area contributed by atoms with Crippen molar-refractivity contribution in [1.82, 2.24) is 19.6 Å². The van der Waals surface area contributed by atoms with Gasteiger partial charge in [0.2, 0.25) is 0 Å². The van der Waals surface area contributed by atoms with E-state index in [1.54, 1.807) is 7.11 Å². The van der Waals surface area contributed by atoms with Gasteiger partial charge in [-0.05, 0) is 56.6 Å². The summed E-state index contributed by atoms with van der Waals surface area (Å²) in [5.74, 6) is 0.818. The van der Waals surface area contributed by atoms with Crippen molar-refractivity contribution in [2.75, 3.05) is 39.8 Å². The number of carbonyl (C=O) groups excluding carboxylic acids is 1. The maximum absolute atomic E-state index is 12.8. The molecule has 1 fully saturated rings. The molecule has 2 heterocycles. The molecule has 1 aliphatic heterocycles. The summed E-state index contributed by atoms with van der Waals surface area (Å²) in [4.78, 5) is 17.2. The number of aryl methyl sites for hydroxylation is 2. The first-order valence-electron chi connectivity index (χ1n) is 9.30. The van der Waals surface area contributed by atoms with Crippen LogP contribution in [-0.2, 0) is 6.54 Å². The summed E-state index contributed by atoms with van der Waals surface area (Å²) in [5.41, 5.74) is 1.90. The number of rotatable bonds is 6. The highest BCUT2D eigenvalue weighted by molar-refractivity contribution is 5.94. The summed E-state index contributed by atoms with van der Waals surface area (Å²) in [6.07, 6.45) is 6.06. The van der Waals surface area contributed by atoms with Crippen LogP contribution in [0.15, 0.2) is 36.7 Å². The number of methoxy groups -OCH3 is 1. The lowest BCUT2D eigenvalue weighted by molar-refractivity contribution is 0.0761. The predicted molar refractivity (Wildman–Crippen MR) is 102 cm³/mol. The number of hydrogen-bond acceptors (Lipinski definition) is 4. The van der Waals surface area contributed by atoms with Crippen molar-refractivity contribution in [3.05, 3.63) is 47.8 Å². The molecule has 0 spiro atoms. The van der Waals surface area contributed by atoms with E-state index >= 15 is 0 Å². The minimum absolute atomic E-state index is 0.0952. The van der Waals surface area contributed by atoms with Gasteiger partial charge in [-0.1, -0.05) is 6.07 Å². The quantitative estimate of drug-likeness (QED) is 0.798. The number of amides is 1. The van der Waals surface area contributed by atoms with Crippen LogP contribution in [0.1, 0.15) is 28.8 Å². The molecule has 1 saturated heterocycles. The first kappa shape index (κ1) is 18.5. The molecule has 0 atom stereocenters. The normalized spacial score (nSPS) is 15.7. The molecule has 0 saturated carbocycles. The predicted octanol–water partition coefficient (Wildman–Crippen LogP) is 2.44. The Hall–Kier alpha value is -2.34. The van der Waals surface area contributed by atoms with E-state index in [4.69, 9.17) is 4.74 Å². The Kier molecular flexibility index (Phi) is 6.28. The molecule has 140 valence electrons. The van der Waals surface area contributed by atoms with Gasteiger partial charge in [0.15, 0.2) is 0 Å². The molecule has 1 amide bonds. The molecule has 0 bridgehead atoms. The average Bonchev–Trinajstić information content (AvgIpc) is 2.93. The molecule has 6 heteroatoms. The van der Waals surface area contributed by atoms with Crippen molar-refractivity contribution in [3.63, 3.8) is 0 Å². The van der Waals surface area contributed by atoms with Gasteiger partial charge in [0.1, 0.15) is 5.75 Å². The smallest absolute Gasteiger partial charge is 0.254 e. The monoisotopic (exact) mass is 356 g/mol. The summed E-state index contributed by atoms with van der Waals surface area (Å²) < 4.78 is 7.24. The van der Waals surface area contributed by atoms with Crippen molar-refractivity contribution < 1.29 is 9.53 Å². The second-order valence-corrected chi connectivity index (χ2v) is 6.85. The largest absolute Gasteiger partial charge is 0.497 e. The second-order valence-electron chi connectivity index (χ2n) is 6.85. The first-order chi connectivity index (χ1) is 12.7. The van der Waals surface area contributed by atoms with Gasteiger partial charge in [-0.25, -0.2) is 0 Å². The van der Waals surface area contributed by atoms with Gasteiger partial charge in [0.25, 0.3) is 5.91 Å². The standard InChI is InChI=1S/C20H28N4O2/c1-17-15-21-24(16-17)11-5-9-22-8-4-10-23(13-12-22)20(25)18-6-3-7-19(14-18)26-2/h3,6-7,14-16H,4-5,8-13H2,1-2H3. The number of hydrogen-bond donors (Lipinski definition) is 0. The van der Waals surface area contributed by atoms with Crippen molar-refractivity contribution in [1.29, 1.82) is 0 Å². The van der Waals surface area contributed by atoms with Gasteiger partial charge in [-0.2, -0.15) is 5.10 Å². The Labute approximate surface area is 155 Å². The van der Waals surface area contributed by atoms with Crippen molar-refractivity contribution in [2.24, 2.45) is 0 Å². The second kappa shape index (κ2) is 8.85. The van der Waals surface area contributed by atoms with Gasteiger partial charge < -0.3 is 14.5 Å². The van der Waals surface area contributed by atoms with Crippen LogP contribution in [-0.4, -0.2) is 65.3 Å². The molecule has 2 aromatic rings. The molecule has 26 heavy (non-hydrogen) atoms. The molecule has 0 N–H and O–H groups in total. The molecule has 0 radical (unpaired) electrons. The number of benzene rings is 1. The fraction of sp³-hybridized carbons (Fsp3) is 0.500. The highest BCUT2D eigenvalue weighted by Crippen LogP contribution is 2.15. The molecular weight excluding hydrogens is 328 g/mol. The van der Waals surface area contributed by atoms with Gasteiger partial charge in [0, 0.05) is 37.9 Å². The van der Waals surface area contributed by atoms with Crippen LogP contribution < -0.4 is 4.74 Å². The van der Waals surface area contributed by atoms with E-state index in [-0.39, 0.29) is 5.91 Å². The Balaban J connectivity index is 1.48. The lowest BCUT2D eigenvalue weighted by Gasteiger charge is -2.22. The lowest BCUT2D eigenvalue weighted by Crippen LogP contribution is -2.35. The molecule has 1 aromatic carbocycles. The summed E-state index contributed by atoms with van der Waals surface area (Å²) in [6.45, 7) is 7.60. The van der Waals surface area contributed by atoms with Crippen molar-refractivity contribution in [2.45, 2.75) is 26.3 Å². The van der Waals surface area contributed by atoms with Crippen LogP contribution in [0.4, 0.5) is 0 Å². The van der Waals surface area contributed by atoms with Crippen LogP contribution in [0.3, 0.4) is 0 Å². The van der Waals surface area contributed by atoms with Crippen LogP contribution >= 0.6 is 0 Å². The van der Waals surface area contributed by atoms with E-state index in [1.807, 2.05) is 40.0 Å². The van der Waals surface area contributed by atoms with Gasteiger partial charge in [-0.15, -0.1) is 0 Å². The van der Waals surface area contributed by atoms with Crippen LogP contribution in [0.2, 0.25) is 0 Å². The maximum Gasteiger partial charge on any atom is 0.254 e. The zero-order chi connectivity index (χ0) is 18.4. The molecule has 0 aliphatic carbocycles. The Morgan fingerprint density at radius 2 is 2.08 bits per heavy atom. The number of carbonyl (C=O) groups is 1. The van der Waals surface area contributed by atoms with Crippen LogP contribution in [0.25, 0.3) is 0 Å². The Bertz CT molecular complexity index is 728. The fourth-order valence-corrected chi connectivity index (χ4v) is 3.38.